The third-order valence-corrected chi connectivity index (χ3v) is 2.23. The van der Waals surface area contributed by atoms with Crippen molar-refractivity contribution in [1.29, 1.82) is 0 Å². The van der Waals surface area contributed by atoms with Gasteiger partial charge in [-0.25, -0.2) is 9.18 Å². The smallest absolute Gasteiger partial charge is 0.335 e. The quantitative estimate of drug-likeness (QED) is 0.903. The summed E-state index contributed by atoms with van der Waals surface area (Å²) < 4.78 is 23.5. The molecule has 0 amide bonds. The van der Waals surface area contributed by atoms with E-state index in [1.165, 1.54) is 12.1 Å². The molecule has 2 rings (SSSR count). The number of nitrogens with zero attached hydrogens (tertiary/aromatic N) is 1. The number of ether oxygens (including phenoxy) is 1. The number of carboxylic acid groups (broad SMARTS) is 1. The highest BCUT2D eigenvalue weighted by Gasteiger charge is 2.10. The van der Waals surface area contributed by atoms with Crippen LogP contribution in [-0.2, 0) is 6.61 Å². The topological polar surface area (TPSA) is 72.6 Å². The van der Waals surface area contributed by atoms with Crippen molar-refractivity contribution in [3.8, 4) is 5.75 Å². The number of aromatic nitrogens is 1. The fourth-order valence-electron chi connectivity index (χ4n) is 1.39. The largest absolute Gasteiger partial charge is 0.484 e. The van der Waals surface area contributed by atoms with E-state index in [9.17, 15) is 9.18 Å². The number of aromatic carboxylic acids is 1. The fraction of sp³-hybridized carbons (Fsp3) is 0.167. The number of hydrogen-bond acceptors (Lipinski definition) is 4. The lowest BCUT2D eigenvalue weighted by Gasteiger charge is -2.05. The monoisotopic (exact) mass is 251 g/mol. The van der Waals surface area contributed by atoms with Gasteiger partial charge in [0.25, 0.3) is 0 Å². The Balaban J connectivity index is 2.08. The summed E-state index contributed by atoms with van der Waals surface area (Å²) in [5, 5.41) is 12.4. The third kappa shape index (κ3) is 2.65. The third-order valence-electron chi connectivity index (χ3n) is 2.23. The minimum absolute atomic E-state index is 0.0272. The molecule has 1 aromatic heterocycles. The lowest BCUT2D eigenvalue weighted by atomic mass is 10.2. The molecule has 6 heteroatoms. The molecule has 5 nitrogen and oxygen atoms in total. The van der Waals surface area contributed by atoms with Crippen molar-refractivity contribution in [3.63, 3.8) is 0 Å². The number of benzene rings is 1. The first kappa shape index (κ1) is 12.1. The van der Waals surface area contributed by atoms with E-state index in [0.717, 1.165) is 6.07 Å². The molecule has 0 aliphatic heterocycles. The molecule has 18 heavy (non-hydrogen) atoms. The molecule has 2 aromatic rings. The summed E-state index contributed by atoms with van der Waals surface area (Å²) in [6.45, 7) is 1.79. The zero-order valence-electron chi connectivity index (χ0n) is 9.51. The molecule has 0 saturated heterocycles. The zero-order valence-corrected chi connectivity index (χ0v) is 9.51. The Morgan fingerprint density at radius 1 is 1.50 bits per heavy atom. The summed E-state index contributed by atoms with van der Waals surface area (Å²) in [5.74, 6) is -1.31. The normalized spacial score (nSPS) is 10.3. The van der Waals surface area contributed by atoms with Crippen LogP contribution in [0.4, 0.5) is 4.39 Å². The van der Waals surface area contributed by atoms with E-state index in [4.69, 9.17) is 14.4 Å². The second kappa shape index (κ2) is 4.87. The van der Waals surface area contributed by atoms with Crippen LogP contribution in [0.3, 0.4) is 0 Å². The highest BCUT2D eigenvalue weighted by Crippen LogP contribution is 2.19. The van der Waals surface area contributed by atoms with Crippen LogP contribution in [0.5, 0.6) is 5.75 Å². The lowest BCUT2D eigenvalue weighted by Crippen LogP contribution is -2.01. The Hall–Kier alpha value is -2.37. The van der Waals surface area contributed by atoms with Crippen molar-refractivity contribution in [3.05, 3.63) is 47.1 Å². The summed E-state index contributed by atoms with van der Waals surface area (Å²) in [4.78, 5) is 10.6. The Bertz CT molecular complexity index is 579. The van der Waals surface area contributed by atoms with Gasteiger partial charge in [-0.3, -0.25) is 0 Å². The van der Waals surface area contributed by atoms with Gasteiger partial charge in [-0.1, -0.05) is 5.16 Å². The zero-order chi connectivity index (χ0) is 13.1. The summed E-state index contributed by atoms with van der Waals surface area (Å²) in [6, 6.07) is 5.12. The second-order valence-corrected chi connectivity index (χ2v) is 3.67. The first-order valence-corrected chi connectivity index (χ1v) is 5.14. The molecule has 0 aliphatic carbocycles. The van der Waals surface area contributed by atoms with Gasteiger partial charge in [0.2, 0.25) is 0 Å². The van der Waals surface area contributed by atoms with Crippen LogP contribution in [-0.4, -0.2) is 16.2 Å². The summed E-state index contributed by atoms with van der Waals surface area (Å²) in [7, 11) is 0. The lowest BCUT2D eigenvalue weighted by molar-refractivity contribution is 0.0696. The van der Waals surface area contributed by atoms with Gasteiger partial charge in [0, 0.05) is 6.07 Å². The van der Waals surface area contributed by atoms with Gasteiger partial charge in [0.05, 0.1) is 5.56 Å². The minimum atomic E-state index is -1.19. The van der Waals surface area contributed by atoms with Gasteiger partial charge in [-0.15, -0.1) is 0 Å². The van der Waals surface area contributed by atoms with Crippen molar-refractivity contribution in [1.82, 2.24) is 5.16 Å². The molecule has 0 spiro atoms. The van der Waals surface area contributed by atoms with Gasteiger partial charge in [0.1, 0.15) is 18.1 Å². The predicted octanol–water partition coefficient (Wildman–Crippen LogP) is 2.40. The molecule has 0 atom stereocenters. The summed E-state index contributed by atoms with van der Waals surface area (Å²) >= 11 is 0. The standard InChI is InChI=1S/C12H10FNO4/c1-7-4-9(14-18-7)6-17-11-3-2-8(12(15)16)5-10(11)13/h2-5H,6H2,1H3,(H,15,16). The van der Waals surface area contributed by atoms with Gasteiger partial charge in [-0.2, -0.15) is 0 Å². The molecular weight excluding hydrogens is 241 g/mol. The van der Waals surface area contributed by atoms with Crippen LogP contribution in [0.25, 0.3) is 0 Å². The van der Waals surface area contributed by atoms with Crippen molar-refractivity contribution < 1.29 is 23.6 Å². The SMILES string of the molecule is Cc1cc(COc2ccc(C(=O)O)cc2F)no1. The van der Waals surface area contributed by atoms with E-state index >= 15 is 0 Å². The van der Waals surface area contributed by atoms with Gasteiger partial charge in [-0.05, 0) is 25.1 Å². The minimum Gasteiger partial charge on any atom is -0.484 e. The van der Waals surface area contributed by atoms with Crippen LogP contribution in [0.15, 0.2) is 28.8 Å². The number of aryl methyl sites for hydroxylation is 1. The molecule has 0 bridgehead atoms. The average molecular weight is 251 g/mol. The van der Waals surface area contributed by atoms with E-state index in [-0.39, 0.29) is 17.9 Å². The fourth-order valence-corrected chi connectivity index (χ4v) is 1.39. The molecule has 0 saturated carbocycles. The molecule has 94 valence electrons. The van der Waals surface area contributed by atoms with Crippen LogP contribution >= 0.6 is 0 Å². The van der Waals surface area contributed by atoms with Gasteiger partial charge >= 0.3 is 5.97 Å². The van der Waals surface area contributed by atoms with E-state index in [1.807, 2.05) is 0 Å². The highest BCUT2D eigenvalue weighted by molar-refractivity contribution is 5.87. The maximum absolute atomic E-state index is 13.5. The molecule has 1 aromatic carbocycles. The second-order valence-electron chi connectivity index (χ2n) is 3.67. The number of rotatable bonds is 4. The number of carboxylic acids is 1. The maximum Gasteiger partial charge on any atom is 0.335 e. The molecule has 0 aliphatic rings. The molecule has 0 fully saturated rings. The molecule has 1 heterocycles. The number of hydrogen-bond donors (Lipinski definition) is 1. The van der Waals surface area contributed by atoms with Crippen molar-refractivity contribution in [2.75, 3.05) is 0 Å². The van der Waals surface area contributed by atoms with Crippen LogP contribution in [0.2, 0.25) is 0 Å². The van der Waals surface area contributed by atoms with Crippen LogP contribution in [0, 0.1) is 12.7 Å². The number of halogens is 1. The van der Waals surface area contributed by atoms with Crippen LogP contribution < -0.4 is 4.74 Å². The average Bonchev–Trinajstić information content (AvgIpc) is 2.73. The first-order chi connectivity index (χ1) is 8.56. The van der Waals surface area contributed by atoms with Gasteiger partial charge < -0.3 is 14.4 Å². The molecular formula is C12H10FNO4. The molecule has 1 N–H and O–H groups in total. The number of carbonyl (C=O) groups is 1. The highest BCUT2D eigenvalue weighted by atomic mass is 19.1. The van der Waals surface area contributed by atoms with Crippen molar-refractivity contribution in [2.45, 2.75) is 13.5 Å². The Morgan fingerprint density at radius 2 is 2.28 bits per heavy atom. The Labute approximate surface area is 102 Å². The molecule has 0 radical (unpaired) electrons. The van der Waals surface area contributed by atoms with E-state index in [2.05, 4.69) is 5.16 Å². The van der Waals surface area contributed by atoms with E-state index in [0.29, 0.717) is 11.5 Å². The summed E-state index contributed by atoms with van der Waals surface area (Å²) in [6.07, 6.45) is 0. The molecule has 0 unspecified atom stereocenters. The Kier molecular flexibility index (Phi) is 3.27. The van der Waals surface area contributed by atoms with Crippen LogP contribution in [0.1, 0.15) is 21.8 Å². The van der Waals surface area contributed by atoms with E-state index in [1.54, 1.807) is 13.0 Å². The van der Waals surface area contributed by atoms with Crippen molar-refractivity contribution in [2.24, 2.45) is 0 Å². The van der Waals surface area contributed by atoms with Crippen molar-refractivity contribution >= 4 is 5.97 Å². The van der Waals surface area contributed by atoms with E-state index < -0.39 is 11.8 Å². The maximum atomic E-state index is 13.5. The summed E-state index contributed by atoms with van der Waals surface area (Å²) in [5.41, 5.74) is 0.409. The van der Waals surface area contributed by atoms with Gasteiger partial charge in [0.15, 0.2) is 11.6 Å². The first-order valence-electron chi connectivity index (χ1n) is 5.14. The predicted molar refractivity (Wildman–Crippen MR) is 58.9 cm³/mol. The Morgan fingerprint density at radius 3 is 2.83 bits per heavy atom.